The maximum atomic E-state index is 12.5. The van der Waals surface area contributed by atoms with Gasteiger partial charge in [0.15, 0.2) is 0 Å². The van der Waals surface area contributed by atoms with Gasteiger partial charge in [-0.2, -0.15) is 0 Å². The van der Waals surface area contributed by atoms with Crippen LogP contribution >= 0.6 is 35.3 Å². The van der Waals surface area contributed by atoms with E-state index in [1.165, 1.54) is 16.7 Å². The zero-order chi connectivity index (χ0) is 17.8. The van der Waals surface area contributed by atoms with Crippen molar-refractivity contribution in [1.29, 1.82) is 0 Å². The van der Waals surface area contributed by atoms with Crippen molar-refractivity contribution < 1.29 is 9.59 Å². The smallest absolute Gasteiger partial charge is 0.266 e. The lowest BCUT2D eigenvalue weighted by Crippen LogP contribution is -2.31. The van der Waals surface area contributed by atoms with Gasteiger partial charge in [0.05, 0.1) is 4.91 Å². The molecular formula is C18H16N2O2S3. The fourth-order valence-electron chi connectivity index (χ4n) is 2.27. The van der Waals surface area contributed by atoms with Crippen LogP contribution in [-0.2, 0) is 9.59 Å². The number of carbonyl (C=O) groups excluding carboxylic acids is 2. The molecule has 3 rings (SSSR count). The molecule has 0 radical (unpaired) electrons. The molecule has 1 aliphatic rings. The summed E-state index contributed by atoms with van der Waals surface area (Å²) in [4.78, 5) is 27.7. The summed E-state index contributed by atoms with van der Waals surface area (Å²) in [6.45, 7) is 2.27. The Balaban J connectivity index is 1.57. The van der Waals surface area contributed by atoms with Crippen LogP contribution in [0.1, 0.15) is 16.9 Å². The number of aryl methyl sites for hydroxylation is 1. The van der Waals surface area contributed by atoms with Crippen molar-refractivity contribution in [3.05, 3.63) is 57.1 Å². The Morgan fingerprint density at radius 3 is 2.72 bits per heavy atom. The molecule has 0 unspecified atom stereocenters. The third kappa shape index (κ3) is 4.56. The Labute approximate surface area is 159 Å². The summed E-state index contributed by atoms with van der Waals surface area (Å²) in [6.07, 6.45) is 2.04. The topological polar surface area (TPSA) is 49.4 Å². The quantitative estimate of drug-likeness (QED) is 0.613. The molecule has 0 aliphatic carbocycles. The van der Waals surface area contributed by atoms with E-state index in [4.69, 9.17) is 12.2 Å². The molecule has 1 aromatic carbocycles. The molecular weight excluding hydrogens is 372 g/mol. The number of rotatable bonds is 5. The number of hydrogen-bond acceptors (Lipinski definition) is 5. The average Bonchev–Trinajstić information content (AvgIpc) is 3.18. The van der Waals surface area contributed by atoms with Gasteiger partial charge in [0, 0.05) is 23.5 Å². The van der Waals surface area contributed by atoms with Crippen molar-refractivity contribution in [3.63, 3.8) is 0 Å². The first kappa shape index (κ1) is 17.8. The third-order valence-corrected chi connectivity index (χ3v) is 5.79. The van der Waals surface area contributed by atoms with Crippen molar-refractivity contribution in [3.8, 4) is 0 Å². The van der Waals surface area contributed by atoms with Gasteiger partial charge < -0.3 is 5.32 Å². The summed E-state index contributed by atoms with van der Waals surface area (Å²) < 4.78 is 0.496. The fraction of sp³-hybridized carbons (Fsp3) is 0.167. The number of hydrogen-bond donors (Lipinski definition) is 1. The third-order valence-electron chi connectivity index (χ3n) is 3.59. The summed E-state index contributed by atoms with van der Waals surface area (Å²) in [5.74, 6) is -0.272. The maximum absolute atomic E-state index is 12.5. The number of anilines is 1. The van der Waals surface area contributed by atoms with E-state index >= 15 is 0 Å². The van der Waals surface area contributed by atoms with E-state index in [2.05, 4.69) is 5.32 Å². The van der Waals surface area contributed by atoms with E-state index in [0.717, 1.165) is 16.1 Å². The van der Waals surface area contributed by atoms with Crippen LogP contribution in [0.15, 0.2) is 46.7 Å². The second-order valence-electron chi connectivity index (χ2n) is 5.51. The molecule has 0 atom stereocenters. The Kier molecular flexibility index (Phi) is 5.67. The monoisotopic (exact) mass is 388 g/mol. The Hall–Kier alpha value is -1.96. The minimum Gasteiger partial charge on any atom is -0.326 e. The molecule has 1 aromatic heterocycles. The highest BCUT2D eigenvalue weighted by Gasteiger charge is 2.32. The van der Waals surface area contributed by atoms with Crippen LogP contribution in [0.3, 0.4) is 0 Å². The minimum absolute atomic E-state index is 0.133. The van der Waals surface area contributed by atoms with E-state index in [0.29, 0.717) is 9.23 Å². The average molecular weight is 389 g/mol. The molecule has 128 valence electrons. The summed E-state index contributed by atoms with van der Waals surface area (Å²) in [6, 6.07) is 11.5. The van der Waals surface area contributed by atoms with Crippen molar-refractivity contribution in [2.24, 2.45) is 0 Å². The van der Waals surface area contributed by atoms with Gasteiger partial charge in [0.2, 0.25) is 5.91 Å². The molecule has 1 aliphatic heterocycles. The van der Waals surface area contributed by atoms with Crippen molar-refractivity contribution >= 4 is 63.2 Å². The normalized spacial score (nSPS) is 15.9. The summed E-state index contributed by atoms with van der Waals surface area (Å²) in [5.41, 5.74) is 1.88. The number of nitrogens with zero attached hydrogens (tertiary/aromatic N) is 1. The summed E-state index contributed by atoms with van der Waals surface area (Å²) in [5, 5.41) is 4.79. The molecule has 0 bridgehead atoms. The molecule has 0 saturated carbocycles. The zero-order valence-corrected chi connectivity index (χ0v) is 16.0. The van der Waals surface area contributed by atoms with Gasteiger partial charge in [-0.1, -0.05) is 47.7 Å². The summed E-state index contributed by atoms with van der Waals surface area (Å²) in [7, 11) is 0. The van der Waals surface area contributed by atoms with Crippen LogP contribution in [0.5, 0.6) is 0 Å². The van der Waals surface area contributed by atoms with Crippen LogP contribution in [0.4, 0.5) is 5.69 Å². The highest BCUT2D eigenvalue weighted by molar-refractivity contribution is 8.26. The van der Waals surface area contributed by atoms with E-state index < -0.39 is 0 Å². The standard InChI is InChI=1S/C18H16N2O2S3/c1-12-4-6-13(7-5-12)19-16(21)8-9-20-17(22)15(25-18(20)23)11-14-3-2-10-24-14/h2-7,10-11H,8-9H2,1H3,(H,19,21). The van der Waals surface area contributed by atoms with Crippen molar-refractivity contribution in [2.45, 2.75) is 13.3 Å². The predicted octanol–water partition coefficient (Wildman–Crippen LogP) is 4.29. The SMILES string of the molecule is Cc1ccc(NC(=O)CCN2C(=O)C(=Cc3cccs3)SC2=S)cc1. The lowest BCUT2D eigenvalue weighted by Gasteiger charge is -2.14. The van der Waals surface area contributed by atoms with Crippen LogP contribution in [0, 0.1) is 6.92 Å². The molecule has 2 amide bonds. The van der Waals surface area contributed by atoms with Gasteiger partial charge in [-0.3, -0.25) is 14.5 Å². The minimum atomic E-state index is -0.139. The van der Waals surface area contributed by atoms with Crippen LogP contribution < -0.4 is 5.32 Å². The van der Waals surface area contributed by atoms with E-state index in [1.54, 1.807) is 11.3 Å². The van der Waals surface area contributed by atoms with E-state index in [-0.39, 0.29) is 24.8 Å². The molecule has 25 heavy (non-hydrogen) atoms. The first-order chi connectivity index (χ1) is 12.0. The van der Waals surface area contributed by atoms with Gasteiger partial charge in [-0.05, 0) is 36.6 Å². The van der Waals surface area contributed by atoms with Crippen LogP contribution in [0.2, 0.25) is 0 Å². The Morgan fingerprint density at radius 2 is 2.04 bits per heavy atom. The van der Waals surface area contributed by atoms with Gasteiger partial charge in [0.1, 0.15) is 4.32 Å². The van der Waals surface area contributed by atoms with Crippen molar-refractivity contribution in [2.75, 3.05) is 11.9 Å². The number of thioether (sulfide) groups is 1. The number of amides is 2. The zero-order valence-electron chi connectivity index (χ0n) is 13.5. The van der Waals surface area contributed by atoms with Crippen LogP contribution in [-0.4, -0.2) is 27.6 Å². The second kappa shape index (κ2) is 7.95. The molecule has 1 saturated heterocycles. The van der Waals surface area contributed by atoms with Crippen molar-refractivity contribution in [1.82, 2.24) is 4.90 Å². The predicted molar refractivity (Wildman–Crippen MR) is 109 cm³/mol. The molecule has 2 heterocycles. The molecule has 1 N–H and O–H groups in total. The van der Waals surface area contributed by atoms with Gasteiger partial charge >= 0.3 is 0 Å². The molecule has 1 fully saturated rings. The summed E-state index contributed by atoms with van der Waals surface area (Å²) >= 11 is 8.13. The number of thiophene rings is 1. The van der Waals surface area contributed by atoms with Gasteiger partial charge in [0.25, 0.3) is 5.91 Å². The van der Waals surface area contributed by atoms with E-state index in [9.17, 15) is 9.59 Å². The van der Waals surface area contributed by atoms with Gasteiger partial charge in [-0.25, -0.2) is 0 Å². The Morgan fingerprint density at radius 1 is 1.28 bits per heavy atom. The maximum Gasteiger partial charge on any atom is 0.266 e. The van der Waals surface area contributed by atoms with Crippen LogP contribution in [0.25, 0.3) is 6.08 Å². The number of benzene rings is 1. The molecule has 7 heteroatoms. The second-order valence-corrected chi connectivity index (χ2v) is 8.17. The highest BCUT2D eigenvalue weighted by Crippen LogP contribution is 2.33. The largest absolute Gasteiger partial charge is 0.326 e. The first-order valence-corrected chi connectivity index (χ1v) is 9.79. The Bertz CT molecular complexity index is 827. The van der Waals surface area contributed by atoms with Gasteiger partial charge in [-0.15, -0.1) is 11.3 Å². The molecule has 4 nitrogen and oxygen atoms in total. The molecule has 0 spiro atoms. The molecule has 2 aromatic rings. The number of nitrogens with one attached hydrogen (secondary N) is 1. The fourth-order valence-corrected chi connectivity index (χ4v) is 4.30. The number of carbonyl (C=O) groups is 2. The first-order valence-electron chi connectivity index (χ1n) is 7.68. The van der Waals surface area contributed by atoms with E-state index in [1.807, 2.05) is 54.8 Å². The lowest BCUT2D eigenvalue weighted by molar-refractivity contribution is -0.122. The number of thiocarbonyl (C=S) groups is 1. The lowest BCUT2D eigenvalue weighted by atomic mass is 10.2. The highest BCUT2D eigenvalue weighted by atomic mass is 32.2.